The highest BCUT2D eigenvalue weighted by Crippen LogP contribution is 2.30. The molecule has 0 radical (unpaired) electrons. The van der Waals surface area contributed by atoms with Gasteiger partial charge in [0.2, 0.25) is 0 Å². The molecular weight excluding hydrogens is 350 g/mol. The number of nitrogens with zero attached hydrogens (tertiary/aromatic N) is 3. The molecule has 0 bridgehead atoms. The molecule has 0 saturated heterocycles. The van der Waals surface area contributed by atoms with Crippen molar-refractivity contribution in [2.45, 2.75) is 26.3 Å². The molecule has 0 spiro atoms. The molecule has 0 aliphatic rings. The number of hydrogen-bond donors (Lipinski definition) is 0. The van der Waals surface area contributed by atoms with Gasteiger partial charge >= 0.3 is 5.97 Å². The molecule has 0 N–H and O–H groups in total. The predicted octanol–water partition coefficient (Wildman–Crippen LogP) is 4.73. The third kappa shape index (κ3) is 2.99. The molecule has 5 nitrogen and oxygen atoms in total. The molecule has 0 aliphatic heterocycles. The van der Waals surface area contributed by atoms with Crippen molar-refractivity contribution in [3.63, 3.8) is 0 Å². The fourth-order valence-electron chi connectivity index (χ4n) is 3.07. The first-order chi connectivity index (χ1) is 12.7. The van der Waals surface area contributed by atoms with Crippen LogP contribution in [-0.4, -0.2) is 27.1 Å². The maximum Gasteiger partial charge on any atom is 0.326 e. The Kier molecular flexibility index (Phi) is 4.47. The number of benzene rings is 2. The van der Waals surface area contributed by atoms with Gasteiger partial charge in [-0.1, -0.05) is 37.1 Å². The summed E-state index contributed by atoms with van der Waals surface area (Å²) in [6, 6.07) is 13.3. The Hall–Kier alpha value is -2.66. The van der Waals surface area contributed by atoms with Gasteiger partial charge in [-0.05, 0) is 36.8 Å². The SMILES string of the molecule is CCCCOC(=O)Cn1c2ccc(Cl)cc2c2nc3ccccc3nc21. The van der Waals surface area contributed by atoms with Crippen molar-refractivity contribution >= 4 is 50.7 Å². The topological polar surface area (TPSA) is 57.0 Å². The van der Waals surface area contributed by atoms with Gasteiger partial charge in [0.1, 0.15) is 12.1 Å². The van der Waals surface area contributed by atoms with E-state index in [9.17, 15) is 4.79 Å². The number of aromatic nitrogens is 3. The summed E-state index contributed by atoms with van der Waals surface area (Å²) >= 11 is 6.19. The van der Waals surface area contributed by atoms with Crippen LogP contribution in [-0.2, 0) is 16.1 Å². The van der Waals surface area contributed by atoms with Gasteiger partial charge in [-0.15, -0.1) is 0 Å². The summed E-state index contributed by atoms with van der Waals surface area (Å²) in [6.07, 6.45) is 1.84. The highest BCUT2D eigenvalue weighted by atomic mass is 35.5. The zero-order valence-corrected chi connectivity index (χ0v) is 15.2. The molecule has 2 aromatic heterocycles. The van der Waals surface area contributed by atoms with Gasteiger partial charge in [0.25, 0.3) is 0 Å². The fourth-order valence-corrected chi connectivity index (χ4v) is 3.24. The van der Waals surface area contributed by atoms with Gasteiger partial charge in [-0.2, -0.15) is 0 Å². The second-order valence-electron chi connectivity index (χ2n) is 6.21. The van der Waals surface area contributed by atoms with Gasteiger partial charge in [0.05, 0.1) is 23.2 Å². The minimum atomic E-state index is -0.276. The van der Waals surface area contributed by atoms with E-state index >= 15 is 0 Å². The second-order valence-corrected chi connectivity index (χ2v) is 6.64. The van der Waals surface area contributed by atoms with Crippen molar-refractivity contribution in [3.05, 3.63) is 47.5 Å². The largest absolute Gasteiger partial charge is 0.464 e. The third-order valence-electron chi connectivity index (χ3n) is 4.36. The van der Waals surface area contributed by atoms with E-state index in [0.29, 0.717) is 17.3 Å². The molecule has 0 fully saturated rings. The lowest BCUT2D eigenvalue weighted by molar-refractivity contribution is -0.144. The molecule has 0 aliphatic carbocycles. The van der Waals surface area contributed by atoms with E-state index in [1.165, 1.54) is 0 Å². The van der Waals surface area contributed by atoms with E-state index in [4.69, 9.17) is 26.3 Å². The summed E-state index contributed by atoms with van der Waals surface area (Å²) in [6.45, 7) is 2.59. The molecular formula is C20H18ClN3O2. The lowest BCUT2D eigenvalue weighted by Gasteiger charge is -2.07. The Morgan fingerprint density at radius 2 is 1.92 bits per heavy atom. The van der Waals surface area contributed by atoms with Crippen LogP contribution in [0.3, 0.4) is 0 Å². The molecule has 0 amide bonds. The van der Waals surface area contributed by atoms with Crippen LogP contribution in [0.25, 0.3) is 33.1 Å². The summed E-state index contributed by atoms with van der Waals surface area (Å²) < 4.78 is 7.19. The van der Waals surface area contributed by atoms with Crippen LogP contribution in [0.15, 0.2) is 42.5 Å². The van der Waals surface area contributed by atoms with E-state index in [1.807, 2.05) is 41.0 Å². The van der Waals surface area contributed by atoms with E-state index in [0.717, 1.165) is 40.3 Å². The van der Waals surface area contributed by atoms with Gasteiger partial charge in [-0.3, -0.25) is 4.79 Å². The molecule has 0 unspecified atom stereocenters. The molecule has 0 atom stereocenters. The summed E-state index contributed by atoms with van der Waals surface area (Å²) in [5.41, 5.74) is 3.86. The smallest absolute Gasteiger partial charge is 0.326 e. The minimum Gasteiger partial charge on any atom is -0.464 e. The minimum absolute atomic E-state index is 0.0956. The number of halogens is 1. The Morgan fingerprint density at radius 1 is 1.15 bits per heavy atom. The van der Waals surface area contributed by atoms with Crippen LogP contribution in [0, 0.1) is 0 Å². The average Bonchev–Trinajstić information content (AvgIpc) is 2.92. The van der Waals surface area contributed by atoms with E-state index in [1.54, 1.807) is 6.07 Å². The summed E-state index contributed by atoms with van der Waals surface area (Å²) in [7, 11) is 0. The Labute approximate surface area is 155 Å². The molecule has 4 aromatic rings. The van der Waals surface area contributed by atoms with Crippen molar-refractivity contribution in [2.24, 2.45) is 0 Å². The van der Waals surface area contributed by atoms with Crippen LogP contribution in [0.2, 0.25) is 5.02 Å². The highest BCUT2D eigenvalue weighted by Gasteiger charge is 2.17. The van der Waals surface area contributed by atoms with Crippen molar-refractivity contribution in [1.82, 2.24) is 14.5 Å². The number of unbranched alkanes of at least 4 members (excludes halogenated alkanes) is 1. The standard InChI is InChI=1S/C20H18ClN3O2/c1-2-3-10-26-18(25)12-24-17-9-8-13(21)11-14(17)19-20(24)23-16-7-5-4-6-15(16)22-19/h4-9,11H,2-3,10,12H2,1H3. The zero-order chi connectivity index (χ0) is 18.1. The number of fused-ring (bicyclic) bond motifs is 4. The number of esters is 1. The average molecular weight is 368 g/mol. The first-order valence-electron chi connectivity index (χ1n) is 8.67. The molecule has 2 heterocycles. The maximum atomic E-state index is 12.3. The Bertz CT molecular complexity index is 1120. The summed E-state index contributed by atoms with van der Waals surface area (Å²) in [4.78, 5) is 21.8. The number of carbonyl (C=O) groups excluding carboxylic acids is 1. The van der Waals surface area contributed by atoms with Crippen molar-refractivity contribution < 1.29 is 9.53 Å². The normalized spacial score (nSPS) is 11.5. The summed E-state index contributed by atoms with van der Waals surface area (Å²) in [5.74, 6) is -0.276. The number of hydrogen-bond acceptors (Lipinski definition) is 4. The highest BCUT2D eigenvalue weighted by molar-refractivity contribution is 6.31. The van der Waals surface area contributed by atoms with Crippen LogP contribution < -0.4 is 0 Å². The third-order valence-corrected chi connectivity index (χ3v) is 4.60. The fraction of sp³-hybridized carbons (Fsp3) is 0.250. The molecule has 2 aromatic carbocycles. The predicted molar refractivity (Wildman–Crippen MR) is 103 cm³/mol. The van der Waals surface area contributed by atoms with E-state index < -0.39 is 0 Å². The van der Waals surface area contributed by atoms with Crippen molar-refractivity contribution in [3.8, 4) is 0 Å². The quantitative estimate of drug-likeness (QED) is 0.378. The van der Waals surface area contributed by atoms with Crippen LogP contribution >= 0.6 is 11.6 Å². The van der Waals surface area contributed by atoms with E-state index in [-0.39, 0.29) is 12.5 Å². The van der Waals surface area contributed by atoms with Gasteiger partial charge in [0.15, 0.2) is 5.65 Å². The first kappa shape index (κ1) is 16.8. The van der Waals surface area contributed by atoms with Crippen LogP contribution in [0.4, 0.5) is 0 Å². The van der Waals surface area contributed by atoms with Gasteiger partial charge in [-0.25, -0.2) is 9.97 Å². The number of carbonyl (C=O) groups is 1. The van der Waals surface area contributed by atoms with Crippen molar-refractivity contribution in [2.75, 3.05) is 6.61 Å². The lowest BCUT2D eigenvalue weighted by Crippen LogP contribution is -2.14. The molecule has 26 heavy (non-hydrogen) atoms. The second kappa shape index (κ2) is 6.92. The molecule has 4 rings (SSSR count). The maximum absolute atomic E-state index is 12.3. The van der Waals surface area contributed by atoms with Crippen LogP contribution in [0.1, 0.15) is 19.8 Å². The number of para-hydroxylation sites is 2. The molecule has 132 valence electrons. The molecule has 6 heteroatoms. The Balaban J connectivity index is 1.88. The first-order valence-corrected chi connectivity index (χ1v) is 9.05. The monoisotopic (exact) mass is 367 g/mol. The van der Waals surface area contributed by atoms with Gasteiger partial charge in [0, 0.05) is 10.4 Å². The number of ether oxygens (including phenoxy) is 1. The van der Waals surface area contributed by atoms with Crippen LogP contribution in [0.5, 0.6) is 0 Å². The van der Waals surface area contributed by atoms with E-state index in [2.05, 4.69) is 6.92 Å². The Morgan fingerprint density at radius 3 is 2.69 bits per heavy atom. The zero-order valence-electron chi connectivity index (χ0n) is 14.4. The number of rotatable bonds is 5. The van der Waals surface area contributed by atoms with Crippen molar-refractivity contribution in [1.29, 1.82) is 0 Å². The van der Waals surface area contributed by atoms with Gasteiger partial charge < -0.3 is 9.30 Å². The lowest BCUT2D eigenvalue weighted by atomic mass is 10.2. The summed E-state index contributed by atoms with van der Waals surface area (Å²) in [5, 5.41) is 1.50. The molecule has 0 saturated carbocycles.